The van der Waals surface area contributed by atoms with Gasteiger partial charge in [-0.1, -0.05) is 81.4 Å². The molecule has 0 spiro atoms. The van der Waals surface area contributed by atoms with Crippen LogP contribution in [0.2, 0.25) is 0 Å². The highest BCUT2D eigenvalue weighted by Gasteiger charge is 2.34. The average molecular weight is 531 g/mol. The van der Waals surface area contributed by atoms with E-state index in [2.05, 4.69) is 15.7 Å². The van der Waals surface area contributed by atoms with Gasteiger partial charge in [0.15, 0.2) is 5.69 Å². The maximum absolute atomic E-state index is 13.4. The van der Waals surface area contributed by atoms with E-state index >= 15 is 0 Å². The largest absolute Gasteiger partial charge is 0.460 e. The van der Waals surface area contributed by atoms with E-state index < -0.39 is 29.2 Å². The molecular weight excluding hydrogens is 499 g/mol. The summed E-state index contributed by atoms with van der Waals surface area (Å²) in [6.07, 6.45) is 0. The molecule has 0 aliphatic rings. The minimum atomic E-state index is -0.951. The monoisotopic (exact) mass is 530 g/mol. The number of esters is 1. The summed E-state index contributed by atoms with van der Waals surface area (Å²) < 4.78 is 20.2. The molecule has 2 N–H and O–H groups in total. The molecule has 0 radical (unpaired) electrons. The number of hydrogen-bond donors (Lipinski definition) is 2. The normalized spacial score (nSPS) is 12.1. The SMILES string of the molecule is CC(C)(C)C(NC(=O)c1nn(Cc2ccc(F)cc2)c2ccccc12)C(=O)NCC(=O)OCc1ccccc1. The van der Waals surface area contributed by atoms with Crippen LogP contribution in [-0.4, -0.2) is 40.2 Å². The molecule has 202 valence electrons. The smallest absolute Gasteiger partial charge is 0.325 e. The molecule has 0 aliphatic carbocycles. The van der Waals surface area contributed by atoms with E-state index in [1.165, 1.54) is 12.1 Å². The molecular formula is C30H31FN4O4. The molecule has 1 unspecified atom stereocenters. The van der Waals surface area contributed by atoms with Crippen LogP contribution in [0.25, 0.3) is 10.9 Å². The summed E-state index contributed by atoms with van der Waals surface area (Å²) in [5.74, 6) is -1.95. The quantitative estimate of drug-likeness (QED) is 0.316. The molecule has 0 saturated heterocycles. The summed E-state index contributed by atoms with van der Waals surface area (Å²) in [5.41, 5.74) is 1.88. The molecule has 0 saturated carbocycles. The fraction of sp³-hybridized carbons (Fsp3) is 0.267. The maximum atomic E-state index is 13.4. The van der Waals surface area contributed by atoms with E-state index in [-0.39, 0.29) is 24.7 Å². The predicted octanol–water partition coefficient (Wildman–Crippen LogP) is 4.23. The second-order valence-corrected chi connectivity index (χ2v) is 10.3. The van der Waals surface area contributed by atoms with Crippen molar-refractivity contribution in [1.29, 1.82) is 0 Å². The summed E-state index contributed by atoms with van der Waals surface area (Å²) in [7, 11) is 0. The number of nitrogens with zero attached hydrogens (tertiary/aromatic N) is 2. The zero-order valence-corrected chi connectivity index (χ0v) is 22.1. The standard InChI is InChI=1S/C30H31FN4O4/c1-30(2,3)27(29(38)32-17-25(36)39-19-21-9-5-4-6-10-21)33-28(37)26-23-11-7-8-12-24(23)35(34-26)18-20-13-15-22(31)16-14-20/h4-16,27H,17-19H2,1-3H3,(H,32,38)(H,33,37). The number of aromatic nitrogens is 2. The van der Waals surface area contributed by atoms with Crippen LogP contribution in [0.15, 0.2) is 78.9 Å². The van der Waals surface area contributed by atoms with Crippen LogP contribution >= 0.6 is 0 Å². The zero-order chi connectivity index (χ0) is 28.0. The Hall–Kier alpha value is -4.53. The van der Waals surface area contributed by atoms with Crippen molar-refractivity contribution in [3.8, 4) is 0 Å². The van der Waals surface area contributed by atoms with Crippen LogP contribution in [0.1, 0.15) is 42.4 Å². The molecule has 1 atom stereocenters. The number of halogens is 1. The van der Waals surface area contributed by atoms with E-state index in [1.807, 2.05) is 63.2 Å². The lowest BCUT2D eigenvalue weighted by molar-refractivity contribution is -0.145. The van der Waals surface area contributed by atoms with Gasteiger partial charge >= 0.3 is 5.97 Å². The number of hydrogen-bond acceptors (Lipinski definition) is 5. The summed E-state index contributed by atoms with van der Waals surface area (Å²) in [6.45, 7) is 5.55. The van der Waals surface area contributed by atoms with Gasteiger partial charge in [-0.2, -0.15) is 5.10 Å². The number of carbonyl (C=O) groups excluding carboxylic acids is 3. The Balaban J connectivity index is 1.45. The second-order valence-electron chi connectivity index (χ2n) is 10.3. The van der Waals surface area contributed by atoms with Crippen molar-refractivity contribution in [3.05, 3.63) is 102 Å². The van der Waals surface area contributed by atoms with Crippen LogP contribution < -0.4 is 10.6 Å². The van der Waals surface area contributed by atoms with Gasteiger partial charge in [0.05, 0.1) is 12.1 Å². The number of amides is 2. The van der Waals surface area contributed by atoms with Gasteiger partial charge in [0.1, 0.15) is 25.0 Å². The molecule has 3 aromatic carbocycles. The van der Waals surface area contributed by atoms with Crippen molar-refractivity contribution in [3.63, 3.8) is 0 Å². The summed E-state index contributed by atoms with van der Waals surface area (Å²) in [4.78, 5) is 38.7. The van der Waals surface area contributed by atoms with Crippen molar-refractivity contribution in [2.75, 3.05) is 6.54 Å². The molecule has 4 rings (SSSR count). The van der Waals surface area contributed by atoms with Crippen molar-refractivity contribution >= 4 is 28.7 Å². The van der Waals surface area contributed by atoms with Gasteiger partial charge in [-0.25, -0.2) is 4.39 Å². The van der Waals surface area contributed by atoms with Crippen LogP contribution in [0.4, 0.5) is 4.39 Å². The fourth-order valence-electron chi connectivity index (χ4n) is 4.10. The molecule has 0 bridgehead atoms. The average Bonchev–Trinajstić information content (AvgIpc) is 3.28. The van der Waals surface area contributed by atoms with Gasteiger partial charge in [-0.3, -0.25) is 19.1 Å². The van der Waals surface area contributed by atoms with Gasteiger partial charge in [0.25, 0.3) is 5.91 Å². The minimum absolute atomic E-state index is 0.0998. The maximum Gasteiger partial charge on any atom is 0.325 e. The minimum Gasteiger partial charge on any atom is -0.460 e. The van der Waals surface area contributed by atoms with E-state index in [1.54, 1.807) is 28.9 Å². The third-order valence-corrected chi connectivity index (χ3v) is 6.17. The lowest BCUT2D eigenvalue weighted by Gasteiger charge is -2.30. The van der Waals surface area contributed by atoms with Crippen LogP contribution in [0, 0.1) is 11.2 Å². The molecule has 39 heavy (non-hydrogen) atoms. The molecule has 1 aromatic heterocycles. The number of para-hydroxylation sites is 1. The lowest BCUT2D eigenvalue weighted by Crippen LogP contribution is -2.54. The Labute approximate surface area is 226 Å². The fourth-order valence-corrected chi connectivity index (χ4v) is 4.10. The van der Waals surface area contributed by atoms with Gasteiger partial charge in [0, 0.05) is 5.39 Å². The lowest BCUT2D eigenvalue weighted by atomic mass is 9.86. The van der Waals surface area contributed by atoms with Gasteiger partial charge in [-0.15, -0.1) is 0 Å². The van der Waals surface area contributed by atoms with E-state index in [9.17, 15) is 18.8 Å². The molecule has 2 amide bonds. The number of fused-ring (bicyclic) bond motifs is 1. The van der Waals surface area contributed by atoms with Crippen molar-refractivity contribution < 1.29 is 23.5 Å². The Kier molecular flexibility index (Phi) is 8.39. The number of benzene rings is 3. The molecule has 1 heterocycles. The van der Waals surface area contributed by atoms with E-state index in [0.29, 0.717) is 11.9 Å². The van der Waals surface area contributed by atoms with Gasteiger partial charge in [-0.05, 0) is 34.7 Å². The first-order valence-electron chi connectivity index (χ1n) is 12.6. The Morgan fingerprint density at radius 3 is 2.28 bits per heavy atom. The van der Waals surface area contributed by atoms with Crippen LogP contribution in [-0.2, 0) is 27.5 Å². The van der Waals surface area contributed by atoms with Crippen LogP contribution in [0.3, 0.4) is 0 Å². The predicted molar refractivity (Wildman–Crippen MR) is 145 cm³/mol. The van der Waals surface area contributed by atoms with Gasteiger partial charge < -0.3 is 15.4 Å². The van der Waals surface area contributed by atoms with Gasteiger partial charge in [0.2, 0.25) is 5.91 Å². The Morgan fingerprint density at radius 2 is 1.59 bits per heavy atom. The Bertz CT molecular complexity index is 1460. The molecule has 8 nitrogen and oxygen atoms in total. The van der Waals surface area contributed by atoms with E-state index in [0.717, 1.165) is 16.6 Å². The third-order valence-electron chi connectivity index (χ3n) is 6.17. The highest BCUT2D eigenvalue weighted by atomic mass is 19.1. The summed E-state index contributed by atoms with van der Waals surface area (Å²) in [6, 6.07) is 21.6. The van der Waals surface area contributed by atoms with Crippen molar-refractivity contribution in [2.45, 2.75) is 40.0 Å². The van der Waals surface area contributed by atoms with Crippen molar-refractivity contribution in [1.82, 2.24) is 20.4 Å². The molecule has 0 aliphatic heterocycles. The molecule has 0 fully saturated rings. The highest BCUT2D eigenvalue weighted by molar-refractivity contribution is 6.06. The number of carbonyl (C=O) groups is 3. The summed E-state index contributed by atoms with van der Waals surface area (Å²) >= 11 is 0. The topological polar surface area (TPSA) is 102 Å². The molecule has 9 heteroatoms. The first kappa shape index (κ1) is 27.5. The van der Waals surface area contributed by atoms with Crippen LogP contribution in [0.5, 0.6) is 0 Å². The summed E-state index contributed by atoms with van der Waals surface area (Å²) in [5, 5.41) is 10.5. The molecule has 4 aromatic rings. The van der Waals surface area contributed by atoms with Crippen molar-refractivity contribution in [2.24, 2.45) is 5.41 Å². The number of nitrogens with one attached hydrogen (secondary N) is 2. The first-order valence-corrected chi connectivity index (χ1v) is 12.6. The highest BCUT2D eigenvalue weighted by Crippen LogP contribution is 2.23. The van der Waals surface area contributed by atoms with E-state index in [4.69, 9.17) is 4.74 Å². The number of rotatable bonds is 9. The Morgan fingerprint density at radius 1 is 0.923 bits per heavy atom. The first-order chi connectivity index (χ1) is 18.6. The second kappa shape index (κ2) is 11.9. The third kappa shape index (κ3) is 7.07. The number of ether oxygens (including phenoxy) is 1. The zero-order valence-electron chi connectivity index (χ0n) is 22.1.